The van der Waals surface area contributed by atoms with Gasteiger partial charge in [-0.2, -0.15) is 0 Å². The average Bonchev–Trinajstić information content (AvgIpc) is 2.37. The van der Waals surface area contributed by atoms with Crippen molar-refractivity contribution in [2.24, 2.45) is 0 Å². The number of rotatable bonds is 3. The van der Waals surface area contributed by atoms with Gasteiger partial charge in [0, 0.05) is 6.20 Å². The van der Waals surface area contributed by atoms with Crippen LogP contribution in [0.3, 0.4) is 0 Å². The molecule has 2 aromatic rings. The predicted molar refractivity (Wildman–Crippen MR) is 85.7 cm³/mol. The number of carbonyl (C=O) groups excluding carboxylic acids is 1. The van der Waals surface area contributed by atoms with Crippen molar-refractivity contribution in [2.45, 2.75) is 33.2 Å². The normalized spacial score (nSPS) is 11.3. The zero-order chi connectivity index (χ0) is 15.6. The molecule has 0 atom stereocenters. The van der Waals surface area contributed by atoms with Gasteiger partial charge in [-0.1, -0.05) is 23.7 Å². The fourth-order valence-corrected chi connectivity index (χ4v) is 2.75. The van der Waals surface area contributed by atoms with Crippen LogP contribution in [-0.2, 0) is 5.54 Å². The van der Waals surface area contributed by atoms with Crippen LogP contribution in [-0.4, -0.2) is 10.9 Å². The summed E-state index contributed by atoms with van der Waals surface area (Å²) in [6, 6.07) is 9.40. The summed E-state index contributed by atoms with van der Waals surface area (Å²) in [6.07, 6.45) is 1.72. The molecule has 2 rings (SSSR count). The van der Waals surface area contributed by atoms with Crippen LogP contribution in [0.5, 0.6) is 0 Å². The maximum absolute atomic E-state index is 12.6. The lowest BCUT2D eigenvalue weighted by molar-refractivity contribution is 0.0910. The molecule has 21 heavy (non-hydrogen) atoms. The van der Waals surface area contributed by atoms with Gasteiger partial charge in [-0.15, -0.1) is 0 Å². The van der Waals surface area contributed by atoms with Crippen molar-refractivity contribution in [1.29, 1.82) is 0 Å². The molecule has 1 N–H and O–H groups in total. The molecular weight excluding hydrogens is 284 g/mol. The van der Waals surface area contributed by atoms with Gasteiger partial charge in [0.25, 0.3) is 5.91 Å². The van der Waals surface area contributed by atoms with Crippen LogP contribution in [0, 0.1) is 13.8 Å². The number of carbonyl (C=O) groups is 1. The second kappa shape index (κ2) is 5.86. The molecule has 1 heterocycles. The fraction of sp³-hybridized carbons (Fsp3) is 0.294. The summed E-state index contributed by atoms with van der Waals surface area (Å²) in [5, 5.41) is 3.48. The second-order valence-electron chi connectivity index (χ2n) is 5.73. The van der Waals surface area contributed by atoms with Crippen LogP contribution in [0.15, 0.2) is 36.5 Å². The minimum absolute atomic E-state index is 0.187. The Balaban J connectivity index is 2.30. The van der Waals surface area contributed by atoms with E-state index in [9.17, 15) is 4.79 Å². The molecule has 0 saturated carbocycles. The minimum Gasteiger partial charge on any atom is -0.341 e. The van der Waals surface area contributed by atoms with E-state index in [0.717, 1.165) is 16.8 Å². The van der Waals surface area contributed by atoms with Gasteiger partial charge >= 0.3 is 0 Å². The first-order valence-electron chi connectivity index (χ1n) is 6.82. The van der Waals surface area contributed by atoms with E-state index >= 15 is 0 Å². The molecule has 4 heteroatoms. The number of pyridine rings is 1. The summed E-state index contributed by atoms with van der Waals surface area (Å²) in [6.45, 7) is 7.69. The Labute approximate surface area is 130 Å². The van der Waals surface area contributed by atoms with Crippen molar-refractivity contribution in [2.75, 3.05) is 0 Å². The third kappa shape index (κ3) is 3.42. The van der Waals surface area contributed by atoms with Gasteiger partial charge in [0.15, 0.2) is 0 Å². The molecule has 1 amide bonds. The first-order valence-corrected chi connectivity index (χ1v) is 7.20. The lowest BCUT2D eigenvalue weighted by Crippen LogP contribution is -2.42. The van der Waals surface area contributed by atoms with Gasteiger partial charge in [0.2, 0.25) is 0 Å². The Bertz CT molecular complexity index is 643. The molecule has 0 fully saturated rings. The zero-order valence-corrected chi connectivity index (χ0v) is 13.5. The molecule has 0 unspecified atom stereocenters. The Kier molecular flexibility index (Phi) is 4.33. The second-order valence-corrected chi connectivity index (χ2v) is 6.14. The maximum Gasteiger partial charge on any atom is 0.253 e. The number of benzene rings is 1. The highest BCUT2D eigenvalue weighted by Crippen LogP contribution is 2.24. The molecule has 0 bridgehead atoms. The van der Waals surface area contributed by atoms with Crippen LogP contribution >= 0.6 is 11.6 Å². The number of hydrogen-bond donors (Lipinski definition) is 1. The third-order valence-corrected chi connectivity index (χ3v) is 3.69. The molecule has 0 saturated heterocycles. The number of amides is 1. The average molecular weight is 303 g/mol. The summed E-state index contributed by atoms with van der Waals surface area (Å²) in [4.78, 5) is 16.9. The summed E-state index contributed by atoms with van der Waals surface area (Å²) in [5.74, 6) is -0.187. The van der Waals surface area contributed by atoms with Gasteiger partial charge in [-0.05, 0) is 57.0 Å². The van der Waals surface area contributed by atoms with Crippen molar-refractivity contribution in [1.82, 2.24) is 10.3 Å². The molecule has 0 spiro atoms. The highest BCUT2D eigenvalue weighted by Gasteiger charge is 2.26. The molecule has 3 nitrogen and oxygen atoms in total. The van der Waals surface area contributed by atoms with Crippen LogP contribution in [0.25, 0.3) is 0 Å². The van der Waals surface area contributed by atoms with E-state index in [-0.39, 0.29) is 5.91 Å². The maximum atomic E-state index is 12.6. The van der Waals surface area contributed by atoms with Gasteiger partial charge < -0.3 is 5.32 Å². The molecule has 0 radical (unpaired) electrons. The Hall–Kier alpha value is -1.87. The van der Waals surface area contributed by atoms with E-state index in [4.69, 9.17) is 11.6 Å². The van der Waals surface area contributed by atoms with E-state index in [1.165, 1.54) is 0 Å². The molecular formula is C17H19ClN2O. The predicted octanol–water partition coefficient (Wildman–Crippen LogP) is 4.02. The number of aromatic nitrogens is 1. The third-order valence-electron chi connectivity index (χ3n) is 3.39. The largest absolute Gasteiger partial charge is 0.341 e. The lowest BCUT2D eigenvalue weighted by Gasteiger charge is -2.26. The van der Waals surface area contributed by atoms with Gasteiger partial charge in [0.1, 0.15) is 0 Å². The van der Waals surface area contributed by atoms with Crippen molar-refractivity contribution >= 4 is 17.5 Å². The highest BCUT2D eigenvalue weighted by molar-refractivity contribution is 6.34. The molecule has 110 valence electrons. The van der Waals surface area contributed by atoms with Crippen molar-refractivity contribution in [3.63, 3.8) is 0 Å². The van der Waals surface area contributed by atoms with Crippen LogP contribution in [0.1, 0.15) is 41.0 Å². The van der Waals surface area contributed by atoms with E-state index < -0.39 is 5.54 Å². The smallest absolute Gasteiger partial charge is 0.253 e. The van der Waals surface area contributed by atoms with Crippen LogP contribution in [0.2, 0.25) is 5.02 Å². The Morgan fingerprint density at radius 1 is 1.24 bits per heavy atom. The molecule has 1 aromatic heterocycles. The molecule has 0 aliphatic carbocycles. The number of nitrogens with zero attached hydrogens (tertiary/aromatic N) is 1. The molecule has 0 aliphatic heterocycles. The summed E-state index contributed by atoms with van der Waals surface area (Å²) in [5.41, 5.74) is 2.66. The summed E-state index contributed by atoms with van der Waals surface area (Å²) in [7, 11) is 0. The van der Waals surface area contributed by atoms with E-state index in [1.54, 1.807) is 12.3 Å². The fourth-order valence-electron chi connectivity index (χ4n) is 2.35. The quantitative estimate of drug-likeness (QED) is 0.930. The monoisotopic (exact) mass is 302 g/mol. The molecule has 1 aromatic carbocycles. The standard InChI is InChI=1S/C17H19ClN2O/c1-11-9-12(2)15(13(18)10-11)16(21)20-17(3,4)14-7-5-6-8-19-14/h5-10H,1-4H3,(H,20,21). The van der Waals surface area contributed by atoms with Gasteiger partial charge in [-0.25, -0.2) is 0 Å². The minimum atomic E-state index is -0.570. The summed E-state index contributed by atoms with van der Waals surface area (Å²) < 4.78 is 0. The van der Waals surface area contributed by atoms with E-state index in [1.807, 2.05) is 52.0 Å². The van der Waals surface area contributed by atoms with Gasteiger partial charge in [0.05, 0.1) is 21.8 Å². The number of halogens is 1. The Morgan fingerprint density at radius 2 is 1.95 bits per heavy atom. The number of aryl methyl sites for hydroxylation is 2. The lowest BCUT2D eigenvalue weighted by atomic mass is 9.98. The van der Waals surface area contributed by atoms with Crippen LogP contribution < -0.4 is 5.32 Å². The topological polar surface area (TPSA) is 42.0 Å². The van der Waals surface area contributed by atoms with Crippen molar-refractivity contribution in [3.8, 4) is 0 Å². The van der Waals surface area contributed by atoms with Crippen LogP contribution in [0.4, 0.5) is 0 Å². The Morgan fingerprint density at radius 3 is 2.52 bits per heavy atom. The van der Waals surface area contributed by atoms with Gasteiger partial charge in [-0.3, -0.25) is 9.78 Å². The molecule has 0 aliphatic rings. The van der Waals surface area contributed by atoms with E-state index in [2.05, 4.69) is 10.3 Å². The highest BCUT2D eigenvalue weighted by atomic mass is 35.5. The van der Waals surface area contributed by atoms with Crippen molar-refractivity contribution in [3.05, 3.63) is 63.9 Å². The van der Waals surface area contributed by atoms with E-state index in [0.29, 0.717) is 10.6 Å². The number of hydrogen-bond acceptors (Lipinski definition) is 2. The number of nitrogens with one attached hydrogen (secondary N) is 1. The zero-order valence-electron chi connectivity index (χ0n) is 12.7. The SMILES string of the molecule is Cc1cc(C)c(C(=O)NC(C)(C)c2ccccn2)c(Cl)c1. The summed E-state index contributed by atoms with van der Waals surface area (Å²) >= 11 is 6.23. The van der Waals surface area contributed by atoms with Crippen molar-refractivity contribution < 1.29 is 4.79 Å². The first kappa shape index (κ1) is 15.5. The first-order chi connectivity index (χ1) is 9.81.